The van der Waals surface area contributed by atoms with Crippen LogP contribution in [0.5, 0.6) is 0 Å². The van der Waals surface area contributed by atoms with Crippen LogP contribution in [-0.4, -0.2) is 41.8 Å². The molecular weight excluding hydrogens is 204 g/mol. The van der Waals surface area contributed by atoms with Crippen molar-refractivity contribution in [3.05, 3.63) is 0 Å². The predicted octanol–water partition coefficient (Wildman–Crippen LogP) is 1.36. The number of ether oxygens (including phenoxy) is 1. The molecule has 1 unspecified atom stereocenters. The van der Waals surface area contributed by atoms with E-state index >= 15 is 0 Å². The highest BCUT2D eigenvalue weighted by Crippen LogP contribution is 2.22. The zero-order valence-corrected chi connectivity index (χ0v) is 11.1. The van der Waals surface area contributed by atoms with Crippen molar-refractivity contribution in [2.45, 2.75) is 52.2 Å². The summed E-state index contributed by atoms with van der Waals surface area (Å²) in [6.07, 6.45) is 0.817. The Morgan fingerprint density at radius 3 is 2.56 bits per heavy atom. The molecule has 0 aromatic rings. The first-order valence-corrected chi connectivity index (χ1v) is 6.03. The third-order valence-corrected chi connectivity index (χ3v) is 3.23. The Morgan fingerprint density at radius 1 is 1.50 bits per heavy atom. The Bertz CT molecular complexity index is 266. The second-order valence-corrected chi connectivity index (χ2v) is 5.22. The molecule has 94 valence electrons. The summed E-state index contributed by atoms with van der Waals surface area (Å²) in [5.41, 5.74) is -0.659. The van der Waals surface area contributed by atoms with Crippen LogP contribution in [-0.2, 0) is 9.53 Å². The lowest BCUT2D eigenvalue weighted by Crippen LogP contribution is -2.46. The van der Waals surface area contributed by atoms with Gasteiger partial charge in [0.2, 0.25) is 5.91 Å². The van der Waals surface area contributed by atoms with Crippen molar-refractivity contribution >= 4 is 5.91 Å². The summed E-state index contributed by atoms with van der Waals surface area (Å²) in [7, 11) is 0. The van der Waals surface area contributed by atoms with Crippen molar-refractivity contribution < 1.29 is 9.53 Å². The zero-order chi connectivity index (χ0) is 12.4. The molecule has 0 bridgehead atoms. The normalized spacial score (nSPS) is 26.6. The Morgan fingerprint density at radius 2 is 2.12 bits per heavy atom. The Balaban J connectivity index is 2.62. The largest absolute Gasteiger partial charge is 0.374 e. The summed E-state index contributed by atoms with van der Waals surface area (Å²) in [6.45, 7) is 11.9. The van der Waals surface area contributed by atoms with Crippen LogP contribution in [0.3, 0.4) is 0 Å². The van der Waals surface area contributed by atoms with Gasteiger partial charge in [-0.2, -0.15) is 0 Å². The van der Waals surface area contributed by atoms with Gasteiger partial charge in [-0.25, -0.2) is 0 Å². The molecule has 1 saturated heterocycles. The third-order valence-electron chi connectivity index (χ3n) is 3.23. The van der Waals surface area contributed by atoms with Gasteiger partial charge in [0.05, 0.1) is 24.4 Å². The molecule has 1 fully saturated rings. The maximum Gasteiger partial charge on any atom is 0.243 e. The Kier molecular flexibility index (Phi) is 3.97. The van der Waals surface area contributed by atoms with Crippen LogP contribution < -0.4 is 5.32 Å². The molecule has 4 heteroatoms. The molecule has 16 heavy (non-hydrogen) atoms. The molecule has 1 rings (SSSR count). The van der Waals surface area contributed by atoms with E-state index in [2.05, 4.69) is 5.32 Å². The number of carbonyl (C=O) groups is 1. The lowest BCUT2D eigenvalue weighted by molar-refractivity contribution is -0.135. The highest BCUT2D eigenvalue weighted by molar-refractivity contribution is 5.87. The number of carbonyl (C=O) groups excluding carboxylic acids is 1. The Hall–Kier alpha value is -0.610. The molecule has 1 aliphatic rings. The van der Waals surface area contributed by atoms with E-state index in [0.29, 0.717) is 19.8 Å². The van der Waals surface area contributed by atoms with Gasteiger partial charge >= 0.3 is 0 Å². The SMILES string of the molecule is CCOC(C)(C)CN1CNC(C)(CC)C1=O. The summed E-state index contributed by atoms with van der Waals surface area (Å²) < 4.78 is 5.62. The molecule has 1 atom stereocenters. The third kappa shape index (κ3) is 2.74. The summed E-state index contributed by atoms with van der Waals surface area (Å²) in [6, 6.07) is 0. The molecule has 1 heterocycles. The smallest absolute Gasteiger partial charge is 0.243 e. The fourth-order valence-electron chi connectivity index (χ4n) is 2.07. The van der Waals surface area contributed by atoms with E-state index in [1.807, 2.05) is 39.5 Å². The van der Waals surface area contributed by atoms with Gasteiger partial charge in [0.15, 0.2) is 0 Å². The number of hydrogen-bond donors (Lipinski definition) is 1. The van der Waals surface area contributed by atoms with Crippen LogP contribution in [0.1, 0.15) is 41.0 Å². The van der Waals surface area contributed by atoms with Crippen molar-refractivity contribution in [1.82, 2.24) is 10.2 Å². The minimum Gasteiger partial charge on any atom is -0.374 e. The molecule has 1 N–H and O–H groups in total. The van der Waals surface area contributed by atoms with Crippen molar-refractivity contribution in [3.8, 4) is 0 Å². The first-order chi connectivity index (χ1) is 7.34. The van der Waals surface area contributed by atoms with E-state index in [1.54, 1.807) is 0 Å². The van der Waals surface area contributed by atoms with Gasteiger partial charge in [-0.3, -0.25) is 10.1 Å². The quantitative estimate of drug-likeness (QED) is 0.772. The zero-order valence-electron chi connectivity index (χ0n) is 11.1. The van der Waals surface area contributed by atoms with Gasteiger partial charge in [-0.1, -0.05) is 6.92 Å². The second kappa shape index (κ2) is 4.72. The van der Waals surface area contributed by atoms with Crippen LogP contribution in [0.15, 0.2) is 0 Å². The van der Waals surface area contributed by atoms with Crippen molar-refractivity contribution in [2.24, 2.45) is 0 Å². The van der Waals surface area contributed by atoms with Gasteiger partial charge in [0.25, 0.3) is 0 Å². The first-order valence-electron chi connectivity index (χ1n) is 6.03. The molecule has 4 nitrogen and oxygen atoms in total. The number of nitrogens with zero attached hydrogens (tertiary/aromatic N) is 1. The van der Waals surface area contributed by atoms with E-state index in [0.717, 1.165) is 6.42 Å². The summed E-state index contributed by atoms with van der Waals surface area (Å²) in [4.78, 5) is 14.0. The fraction of sp³-hybridized carbons (Fsp3) is 0.917. The van der Waals surface area contributed by atoms with Gasteiger partial charge in [-0.05, 0) is 34.1 Å². The maximum atomic E-state index is 12.1. The molecule has 0 radical (unpaired) electrons. The fourth-order valence-corrected chi connectivity index (χ4v) is 2.07. The second-order valence-electron chi connectivity index (χ2n) is 5.22. The molecular formula is C12H24N2O2. The lowest BCUT2D eigenvalue weighted by atomic mass is 9.99. The molecule has 0 aromatic carbocycles. The molecule has 1 aliphatic heterocycles. The van der Waals surface area contributed by atoms with Crippen molar-refractivity contribution in [1.29, 1.82) is 0 Å². The predicted molar refractivity (Wildman–Crippen MR) is 64.1 cm³/mol. The van der Waals surface area contributed by atoms with E-state index < -0.39 is 0 Å². The number of hydrogen-bond acceptors (Lipinski definition) is 3. The van der Waals surface area contributed by atoms with E-state index in [9.17, 15) is 4.79 Å². The van der Waals surface area contributed by atoms with Crippen LogP contribution in [0.4, 0.5) is 0 Å². The average molecular weight is 228 g/mol. The van der Waals surface area contributed by atoms with Crippen LogP contribution in [0.2, 0.25) is 0 Å². The minimum atomic E-state index is -0.387. The van der Waals surface area contributed by atoms with Crippen molar-refractivity contribution in [2.75, 3.05) is 19.8 Å². The lowest BCUT2D eigenvalue weighted by Gasteiger charge is -2.30. The van der Waals surface area contributed by atoms with Gasteiger partial charge in [0.1, 0.15) is 0 Å². The van der Waals surface area contributed by atoms with Gasteiger partial charge in [0, 0.05) is 6.61 Å². The summed E-state index contributed by atoms with van der Waals surface area (Å²) in [5, 5.41) is 3.27. The molecule has 0 aliphatic carbocycles. The Labute approximate surface area is 98.3 Å². The van der Waals surface area contributed by atoms with E-state index in [1.165, 1.54) is 0 Å². The van der Waals surface area contributed by atoms with Gasteiger partial charge in [-0.15, -0.1) is 0 Å². The van der Waals surface area contributed by atoms with E-state index in [4.69, 9.17) is 4.74 Å². The highest BCUT2D eigenvalue weighted by Gasteiger charge is 2.42. The van der Waals surface area contributed by atoms with Crippen LogP contribution in [0, 0.1) is 0 Å². The number of amides is 1. The minimum absolute atomic E-state index is 0.183. The molecule has 0 saturated carbocycles. The number of rotatable bonds is 5. The standard InChI is InChI=1S/C12H24N2O2/c1-6-12(5)10(15)14(9-13-12)8-11(3,4)16-7-2/h13H,6-9H2,1-5H3. The van der Waals surface area contributed by atoms with E-state index in [-0.39, 0.29) is 17.0 Å². The highest BCUT2D eigenvalue weighted by atomic mass is 16.5. The van der Waals surface area contributed by atoms with Gasteiger partial charge < -0.3 is 9.64 Å². The summed E-state index contributed by atoms with van der Waals surface area (Å²) >= 11 is 0. The molecule has 0 spiro atoms. The molecule has 1 amide bonds. The first kappa shape index (κ1) is 13.5. The monoisotopic (exact) mass is 228 g/mol. The van der Waals surface area contributed by atoms with Crippen LogP contribution >= 0.6 is 0 Å². The number of nitrogens with one attached hydrogen (secondary N) is 1. The van der Waals surface area contributed by atoms with Crippen LogP contribution in [0.25, 0.3) is 0 Å². The molecule has 0 aromatic heterocycles. The van der Waals surface area contributed by atoms with Crippen molar-refractivity contribution in [3.63, 3.8) is 0 Å². The maximum absolute atomic E-state index is 12.1. The summed E-state index contributed by atoms with van der Waals surface area (Å²) in [5.74, 6) is 0.183. The topological polar surface area (TPSA) is 41.6 Å². The average Bonchev–Trinajstić information content (AvgIpc) is 2.47.